The molecule has 202 valence electrons. The molecule has 1 atom stereocenters. The van der Waals surface area contributed by atoms with E-state index >= 15 is 0 Å². The Morgan fingerprint density at radius 2 is 1.92 bits per heavy atom. The van der Waals surface area contributed by atoms with Gasteiger partial charge in [0.2, 0.25) is 0 Å². The minimum absolute atomic E-state index is 0.0949. The zero-order valence-electron chi connectivity index (χ0n) is 21.0. The number of nitrogens with zero attached hydrogens (tertiary/aromatic N) is 3. The number of hydrogen-bond acceptors (Lipinski definition) is 7. The van der Waals surface area contributed by atoms with Crippen molar-refractivity contribution in [1.29, 1.82) is 0 Å². The summed E-state index contributed by atoms with van der Waals surface area (Å²) in [5, 5.41) is 4.52. The number of aromatic nitrogens is 3. The van der Waals surface area contributed by atoms with Crippen LogP contribution in [0.5, 0.6) is 5.75 Å². The second-order valence-electron chi connectivity index (χ2n) is 8.73. The van der Waals surface area contributed by atoms with Gasteiger partial charge in [-0.25, -0.2) is 14.2 Å². The van der Waals surface area contributed by atoms with Crippen molar-refractivity contribution >= 4 is 16.9 Å². The van der Waals surface area contributed by atoms with E-state index in [1.807, 2.05) is 6.92 Å². The van der Waals surface area contributed by atoms with Crippen LogP contribution in [0.1, 0.15) is 18.2 Å². The van der Waals surface area contributed by atoms with E-state index in [4.69, 9.17) is 20.4 Å². The Balaban J connectivity index is 1.80. The van der Waals surface area contributed by atoms with Crippen LogP contribution in [0.4, 0.5) is 13.2 Å². The summed E-state index contributed by atoms with van der Waals surface area (Å²) >= 11 is 0. The number of terminal acetylenes is 1. The van der Waals surface area contributed by atoms with Crippen molar-refractivity contribution in [2.75, 3.05) is 6.61 Å². The van der Waals surface area contributed by atoms with E-state index in [1.165, 1.54) is 25.1 Å². The molecular weight excluding hydrogens is 519 g/mol. The number of carbonyl (C=O) groups is 1. The number of benzene rings is 2. The van der Waals surface area contributed by atoms with Gasteiger partial charge >= 0.3 is 17.8 Å². The Kier molecular flexibility index (Phi) is 7.36. The Morgan fingerprint density at radius 3 is 2.62 bits per heavy atom. The molecule has 0 radical (unpaired) electrons. The van der Waals surface area contributed by atoms with E-state index in [0.717, 1.165) is 27.8 Å². The molecule has 0 amide bonds. The number of ether oxygens (including phenoxy) is 2. The fourth-order valence-electron chi connectivity index (χ4n) is 3.94. The molecule has 2 aromatic carbocycles. The Hall–Kier alpha value is -4.79. The van der Waals surface area contributed by atoms with E-state index in [0.29, 0.717) is 16.5 Å². The third kappa shape index (κ3) is 5.72. The van der Waals surface area contributed by atoms with Crippen LogP contribution in [0.3, 0.4) is 0 Å². The van der Waals surface area contributed by atoms with Gasteiger partial charge in [0, 0.05) is 24.4 Å². The van der Waals surface area contributed by atoms with Crippen molar-refractivity contribution in [2.45, 2.75) is 32.5 Å². The van der Waals surface area contributed by atoms with Crippen LogP contribution < -0.4 is 16.0 Å². The van der Waals surface area contributed by atoms with Crippen molar-refractivity contribution < 1.29 is 32.0 Å². The molecule has 1 unspecified atom stereocenters. The molecule has 9 nitrogen and oxygen atoms in total. The molecule has 0 aliphatic heterocycles. The third-order valence-corrected chi connectivity index (χ3v) is 5.84. The predicted octanol–water partition coefficient (Wildman–Crippen LogP) is 3.70. The molecular formula is C27H22F3N3O6. The molecule has 39 heavy (non-hydrogen) atoms. The highest BCUT2D eigenvalue weighted by atomic mass is 19.4. The Bertz CT molecular complexity index is 1730. The van der Waals surface area contributed by atoms with Gasteiger partial charge in [-0.1, -0.05) is 22.7 Å². The maximum atomic E-state index is 12.9. The summed E-state index contributed by atoms with van der Waals surface area (Å²) in [5.74, 6) is 1.81. The van der Waals surface area contributed by atoms with Gasteiger partial charge in [0.25, 0.3) is 5.56 Å². The monoisotopic (exact) mass is 541 g/mol. The number of halogens is 3. The molecule has 0 aliphatic rings. The molecule has 0 fully saturated rings. The normalized spacial score (nSPS) is 12.2. The number of rotatable bonds is 7. The number of fused-ring (bicyclic) bond motifs is 1. The van der Waals surface area contributed by atoms with Gasteiger partial charge in [-0.15, -0.1) is 6.42 Å². The lowest BCUT2D eigenvalue weighted by Gasteiger charge is -2.16. The molecule has 12 heteroatoms. The second-order valence-corrected chi connectivity index (χ2v) is 8.73. The van der Waals surface area contributed by atoms with E-state index in [2.05, 4.69) is 11.1 Å². The van der Waals surface area contributed by atoms with Crippen LogP contribution in [0, 0.1) is 19.3 Å². The molecule has 2 heterocycles. The van der Waals surface area contributed by atoms with Crippen molar-refractivity contribution in [1.82, 2.24) is 14.3 Å². The van der Waals surface area contributed by atoms with Gasteiger partial charge < -0.3 is 14.0 Å². The fourth-order valence-corrected chi connectivity index (χ4v) is 3.94. The summed E-state index contributed by atoms with van der Waals surface area (Å²) in [5.41, 5.74) is -0.364. The minimum atomic E-state index is -4.60. The van der Waals surface area contributed by atoms with Gasteiger partial charge in [-0.05, 0) is 44.2 Å². The molecule has 0 N–H and O–H groups in total. The summed E-state index contributed by atoms with van der Waals surface area (Å²) in [6.45, 7) is 3.11. The summed E-state index contributed by atoms with van der Waals surface area (Å²) in [4.78, 5) is 37.9. The van der Waals surface area contributed by atoms with Gasteiger partial charge in [0.1, 0.15) is 11.4 Å². The molecule has 0 saturated heterocycles. The standard InChI is InChI=1S/C27H22F3N3O6/c1-5-10-37-25(35)16(3)38-21-8-6-15(2)11-19(21)24-20-12-17(7-9-22(20)39-31-24)33-23(34)13-18(14-27(28,29)30)32(4)26(33)36/h1,6-9,11-13,16H,10,14H2,2-4H3. The first-order chi connectivity index (χ1) is 18.4. The quantitative estimate of drug-likeness (QED) is 0.260. The van der Waals surface area contributed by atoms with Crippen LogP contribution in [0.15, 0.2) is 56.6 Å². The molecule has 0 spiro atoms. The first-order valence-corrected chi connectivity index (χ1v) is 11.6. The first-order valence-electron chi connectivity index (χ1n) is 11.6. The molecule has 0 saturated carbocycles. The minimum Gasteiger partial charge on any atom is -0.478 e. The van der Waals surface area contributed by atoms with E-state index in [9.17, 15) is 27.6 Å². The maximum absolute atomic E-state index is 12.9. The maximum Gasteiger partial charge on any atom is 0.394 e. The number of alkyl halides is 3. The van der Waals surface area contributed by atoms with Crippen molar-refractivity contribution in [3.63, 3.8) is 0 Å². The topological polar surface area (TPSA) is 106 Å². The number of aryl methyl sites for hydroxylation is 1. The lowest BCUT2D eigenvalue weighted by atomic mass is 10.0. The first kappa shape index (κ1) is 27.3. The lowest BCUT2D eigenvalue weighted by Crippen LogP contribution is -2.39. The Morgan fingerprint density at radius 1 is 1.18 bits per heavy atom. The average molecular weight is 541 g/mol. The summed E-state index contributed by atoms with van der Waals surface area (Å²) in [7, 11) is 1.16. The van der Waals surface area contributed by atoms with Gasteiger partial charge in [0.15, 0.2) is 18.3 Å². The number of carbonyl (C=O) groups excluding carboxylic acids is 1. The molecule has 4 aromatic rings. The summed E-state index contributed by atoms with van der Waals surface area (Å²) in [6, 6.07) is 10.3. The van der Waals surface area contributed by atoms with Crippen LogP contribution >= 0.6 is 0 Å². The highest BCUT2D eigenvalue weighted by molar-refractivity contribution is 5.94. The molecule has 2 aromatic heterocycles. The molecule has 0 aliphatic carbocycles. The highest BCUT2D eigenvalue weighted by Crippen LogP contribution is 2.36. The predicted molar refractivity (Wildman–Crippen MR) is 135 cm³/mol. The number of esters is 1. The van der Waals surface area contributed by atoms with E-state index in [-0.39, 0.29) is 23.7 Å². The lowest BCUT2D eigenvalue weighted by molar-refractivity contribution is -0.149. The zero-order chi connectivity index (χ0) is 28.5. The van der Waals surface area contributed by atoms with Crippen molar-refractivity contribution in [3.05, 3.63) is 74.6 Å². The van der Waals surface area contributed by atoms with Crippen molar-refractivity contribution in [2.24, 2.45) is 7.05 Å². The van der Waals surface area contributed by atoms with Crippen LogP contribution in [0.25, 0.3) is 27.9 Å². The smallest absolute Gasteiger partial charge is 0.394 e. The Labute approximate surface area is 219 Å². The summed E-state index contributed by atoms with van der Waals surface area (Å²) < 4.78 is 56.4. The largest absolute Gasteiger partial charge is 0.478 e. The van der Waals surface area contributed by atoms with Gasteiger partial charge in [-0.3, -0.25) is 9.36 Å². The van der Waals surface area contributed by atoms with E-state index in [1.54, 1.807) is 18.2 Å². The third-order valence-electron chi connectivity index (χ3n) is 5.84. The molecule has 0 bridgehead atoms. The SMILES string of the molecule is C#CCOC(=O)C(C)Oc1ccc(C)cc1-c1noc2ccc(-n3c(=O)cc(CC(F)(F)F)n(C)c3=O)cc12. The number of hydrogen-bond donors (Lipinski definition) is 0. The van der Waals surface area contributed by atoms with Crippen LogP contribution in [-0.4, -0.2) is 39.1 Å². The second kappa shape index (κ2) is 10.5. The van der Waals surface area contributed by atoms with Crippen LogP contribution in [-0.2, 0) is 23.0 Å². The summed E-state index contributed by atoms with van der Waals surface area (Å²) in [6.07, 6.45) is -1.90. The highest BCUT2D eigenvalue weighted by Gasteiger charge is 2.30. The van der Waals surface area contributed by atoms with Crippen molar-refractivity contribution in [3.8, 4) is 35.0 Å². The van der Waals surface area contributed by atoms with Gasteiger partial charge in [0.05, 0.1) is 17.5 Å². The molecule has 4 rings (SSSR count). The average Bonchev–Trinajstić information content (AvgIpc) is 3.29. The van der Waals surface area contributed by atoms with Gasteiger partial charge in [-0.2, -0.15) is 13.2 Å². The zero-order valence-corrected chi connectivity index (χ0v) is 21.0. The van der Waals surface area contributed by atoms with Crippen LogP contribution in [0.2, 0.25) is 0 Å². The van der Waals surface area contributed by atoms with E-state index < -0.39 is 41.6 Å². The fraction of sp³-hybridized carbons (Fsp3) is 0.259.